The highest BCUT2D eigenvalue weighted by atomic mass is 35.5. The molecule has 1 unspecified atom stereocenters. The van der Waals surface area contributed by atoms with Crippen LogP contribution in [0.5, 0.6) is 0 Å². The molecule has 1 N–H and O–H groups in total. The van der Waals surface area contributed by atoms with Gasteiger partial charge < -0.3 is 9.47 Å². The summed E-state index contributed by atoms with van der Waals surface area (Å²) in [6, 6.07) is 11.7. The Balaban J connectivity index is 1.68. The van der Waals surface area contributed by atoms with Crippen molar-refractivity contribution in [1.82, 2.24) is 4.72 Å². The van der Waals surface area contributed by atoms with Crippen molar-refractivity contribution in [3.05, 3.63) is 64.2 Å². The van der Waals surface area contributed by atoms with Gasteiger partial charge in [0.05, 0.1) is 16.7 Å². The van der Waals surface area contributed by atoms with Gasteiger partial charge in [0.25, 0.3) is 0 Å². The number of nitrogens with one attached hydrogen (secondary N) is 1. The van der Waals surface area contributed by atoms with Crippen LogP contribution in [0, 0.1) is 6.92 Å². The lowest BCUT2D eigenvalue weighted by atomic mass is 10.2. The largest absolute Gasteiger partial charge is 0.457 e. The third-order valence-corrected chi connectivity index (χ3v) is 6.38. The van der Waals surface area contributed by atoms with Gasteiger partial charge in [0, 0.05) is 13.2 Å². The van der Waals surface area contributed by atoms with Crippen molar-refractivity contribution in [1.29, 1.82) is 0 Å². The van der Waals surface area contributed by atoms with Crippen LogP contribution in [-0.2, 0) is 26.1 Å². The zero-order valence-electron chi connectivity index (χ0n) is 15.5. The van der Waals surface area contributed by atoms with E-state index in [1.807, 2.05) is 31.2 Å². The molecule has 0 aromatic heterocycles. The quantitative estimate of drug-likeness (QED) is 0.689. The molecular weight excluding hydrogens is 402 g/mol. The monoisotopic (exact) mass is 423 g/mol. The molecular formula is C20H22ClNO5S. The van der Waals surface area contributed by atoms with Gasteiger partial charge in [0.15, 0.2) is 0 Å². The highest BCUT2D eigenvalue weighted by molar-refractivity contribution is 7.89. The summed E-state index contributed by atoms with van der Waals surface area (Å²) in [5.74, 6) is -0.618. The van der Waals surface area contributed by atoms with E-state index in [9.17, 15) is 13.2 Å². The molecule has 0 radical (unpaired) electrons. The summed E-state index contributed by atoms with van der Waals surface area (Å²) >= 11 is 6.07. The topological polar surface area (TPSA) is 81.7 Å². The van der Waals surface area contributed by atoms with E-state index < -0.39 is 16.0 Å². The Labute approximate surface area is 169 Å². The fourth-order valence-corrected chi connectivity index (χ4v) is 4.43. The van der Waals surface area contributed by atoms with Crippen LogP contribution in [0.15, 0.2) is 47.4 Å². The highest BCUT2D eigenvalue weighted by Crippen LogP contribution is 2.24. The maximum absolute atomic E-state index is 12.6. The zero-order valence-corrected chi connectivity index (χ0v) is 17.1. The Morgan fingerprint density at radius 2 is 2.00 bits per heavy atom. The zero-order chi connectivity index (χ0) is 20.1. The van der Waals surface area contributed by atoms with Crippen molar-refractivity contribution in [3.63, 3.8) is 0 Å². The summed E-state index contributed by atoms with van der Waals surface area (Å²) in [7, 11) is -3.88. The number of benzene rings is 2. The molecule has 1 aliphatic heterocycles. The molecule has 3 rings (SSSR count). The summed E-state index contributed by atoms with van der Waals surface area (Å²) in [4.78, 5) is 12.2. The van der Waals surface area contributed by atoms with Gasteiger partial charge in [-0.1, -0.05) is 41.4 Å². The number of ether oxygens (including phenoxy) is 2. The first-order valence-electron chi connectivity index (χ1n) is 8.98. The molecule has 1 fully saturated rings. The Hall–Kier alpha value is -1.93. The van der Waals surface area contributed by atoms with Crippen molar-refractivity contribution >= 4 is 27.6 Å². The summed E-state index contributed by atoms with van der Waals surface area (Å²) < 4.78 is 38.4. The molecule has 1 atom stereocenters. The van der Waals surface area contributed by atoms with Crippen LogP contribution in [0.1, 0.15) is 34.3 Å². The number of carbonyl (C=O) groups excluding carboxylic acids is 1. The van der Waals surface area contributed by atoms with Crippen LogP contribution in [0.2, 0.25) is 5.02 Å². The molecule has 0 spiro atoms. The van der Waals surface area contributed by atoms with Crippen LogP contribution < -0.4 is 4.72 Å². The fraction of sp³-hybridized carbons (Fsp3) is 0.350. The van der Waals surface area contributed by atoms with Crippen LogP contribution >= 0.6 is 11.6 Å². The average Bonchev–Trinajstić information content (AvgIpc) is 3.20. The van der Waals surface area contributed by atoms with Crippen LogP contribution in [0.3, 0.4) is 0 Å². The molecule has 0 aliphatic carbocycles. The minimum Gasteiger partial charge on any atom is -0.457 e. The van der Waals surface area contributed by atoms with Gasteiger partial charge in [-0.15, -0.1) is 0 Å². The number of hydrogen-bond acceptors (Lipinski definition) is 5. The predicted molar refractivity (Wildman–Crippen MR) is 106 cm³/mol. The first kappa shape index (κ1) is 20.8. The maximum Gasteiger partial charge on any atom is 0.338 e. The van der Waals surface area contributed by atoms with Crippen molar-refractivity contribution in [3.8, 4) is 0 Å². The highest BCUT2D eigenvalue weighted by Gasteiger charge is 2.23. The third kappa shape index (κ3) is 5.32. The van der Waals surface area contributed by atoms with E-state index in [1.165, 1.54) is 18.2 Å². The van der Waals surface area contributed by atoms with Crippen molar-refractivity contribution in [2.24, 2.45) is 0 Å². The van der Waals surface area contributed by atoms with E-state index in [2.05, 4.69) is 4.72 Å². The van der Waals surface area contributed by atoms with Gasteiger partial charge in [0.2, 0.25) is 10.0 Å². The molecule has 6 nitrogen and oxygen atoms in total. The fourth-order valence-electron chi connectivity index (χ4n) is 2.84. The van der Waals surface area contributed by atoms with Crippen LogP contribution in [-0.4, -0.2) is 33.6 Å². The Morgan fingerprint density at radius 3 is 2.68 bits per heavy atom. The number of carbonyl (C=O) groups is 1. The smallest absolute Gasteiger partial charge is 0.338 e. The normalized spacial score (nSPS) is 16.9. The molecule has 0 amide bonds. The van der Waals surface area contributed by atoms with Gasteiger partial charge in [-0.2, -0.15) is 0 Å². The minimum absolute atomic E-state index is 0.0370. The number of hydrogen-bond donors (Lipinski definition) is 1. The second kappa shape index (κ2) is 9.05. The summed E-state index contributed by atoms with van der Waals surface area (Å²) in [6.07, 6.45) is 1.58. The number of sulfonamides is 1. The lowest BCUT2D eigenvalue weighted by Gasteiger charge is -2.13. The molecule has 1 aliphatic rings. The molecule has 1 heterocycles. The molecule has 2 aromatic carbocycles. The minimum atomic E-state index is -3.88. The van der Waals surface area contributed by atoms with Gasteiger partial charge >= 0.3 is 5.97 Å². The summed E-state index contributed by atoms with van der Waals surface area (Å²) in [5, 5.41) is 0.0370. The van der Waals surface area contributed by atoms with Gasteiger partial charge in [0.1, 0.15) is 11.5 Å². The van der Waals surface area contributed by atoms with Crippen LogP contribution in [0.25, 0.3) is 0 Å². The lowest BCUT2D eigenvalue weighted by Crippen LogP contribution is -2.32. The molecule has 2 aromatic rings. The van der Waals surface area contributed by atoms with Gasteiger partial charge in [-0.25, -0.2) is 17.9 Å². The summed E-state index contributed by atoms with van der Waals surface area (Å²) in [6.45, 7) is 2.87. The van der Waals surface area contributed by atoms with E-state index in [0.717, 1.165) is 24.0 Å². The van der Waals surface area contributed by atoms with Crippen LogP contribution in [0.4, 0.5) is 0 Å². The SMILES string of the molecule is Cc1ccc(COC(=O)c2ccc(Cl)c(S(=O)(=O)NCC3CCCO3)c2)cc1. The number of esters is 1. The van der Waals surface area contributed by atoms with E-state index in [4.69, 9.17) is 21.1 Å². The molecule has 28 heavy (non-hydrogen) atoms. The second-order valence-corrected chi connectivity index (χ2v) is 8.84. The standard InChI is InChI=1S/C20H22ClNO5S/c1-14-4-6-15(7-5-14)13-27-20(23)16-8-9-18(21)19(11-16)28(24,25)22-12-17-3-2-10-26-17/h4-9,11,17,22H,2-3,10,12-13H2,1H3. The second-order valence-electron chi connectivity index (χ2n) is 6.69. The Bertz CT molecular complexity index is 938. The molecule has 0 bridgehead atoms. The van der Waals surface area contributed by atoms with E-state index in [-0.39, 0.29) is 34.7 Å². The van der Waals surface area contributed by atoms with Gasteiger partial charge in [-0.3, -0.25) is 0 Å². The molecule has 1 saturated heterocycles. The molecule has 150 valence electrons. The van der Waals surface area contributed by atoms with E-state index in [0.29, 0.717) is 6.61 Å². The maximum atomic E-state index is 12.6. The third-order valence-electron chi connectivity index (χ3n) is 4.47. The average molecular weight is 424 g/mol. The number of aryl methyl sites for hydroxylation is 1. The van der Waals surface area contributed by atoms with Gasteiger partial charge in [-0.05, 0) is 43.5 Å². The first-order valence-corrected chi connectivity index (χ1v) is 10.8. The van der Waals surface area contributed by atoms with E-state index >= 15 is 0 Å². The predicted octanol–water partition coefficient (Wildman–Crippen LogP) is 3.46. The van der Waals surface area contributed by atoms with E-state index in [1.54, 1.807) is 0 Å². The Morgan fingerprint density at radius 1 is 1.25 bits per heavy atom. The van der Waals surface area contributed by atoms with Crippen molar-refractivity contribution in [2.45, 2.75) is 37.4 Å². The molecule has 0 saturated carbocycles. The Kier molecular flexibility index (Phi) is 6.72. The summed E-state index contributed by atoms with van der Waals surface area (Å²) in [5.41, 5.74) is 2.08. The lowest BCUT2D eigenvalue weighted by molar-refractivity contribution is 0.0472. The first-order chi connectivity index (χ1) is 13.3. The number of halogens is 1. The van der Waals surface area contributed by atoms with Crippen molar-refractivity contribution < 1.29 is 22.7 Å². The molecule has 8 heteroatoms. The van der Waals surface area contributed by atoms with Crippen molar-refractivity contribution in [2.75, 3.05) is 13.2 Å². The number of rotatable bonds is 7.